The van der Waals surface area contributed by atoms with E-state index in [1.54, 1.807) is 18.2 Å². The van der Waals surface area contributed by atoms with Crippen LogP contribution in [0.1, 0.15) is 44.1 Å². The van der Waals surface area contributed by atoms with Gasteiger partial charge in [-0.05, 0) is 53.8 Å². The Hall–Kier alpha value is -2.19. The van der Waals surface area contributed by atoms with E-state index < -0.39 is 13.9 Å². The van der Waals surface area contributed by atoms with Gasteiger partial charge in [-0.15, -0.1) is 0 Å². The maximum absolute atomic E-state index is 12.3. The van der Waals surface area contributed by atoms with Crippen LogP contribution < -0.4 is 9.26 Å². The van der Waals surface area contributed by atoms with Crippen molar-refractivity contribution >= 4 is 23.8 Å². The van der Waals surface area contributed by atoms with E-state index in [2.05, 4.69) is 40.2 Å². The van der Waals surface area contributed by atoms with Gasteiger partial charge in [0.25, 0.3) is 0 Å². The quantitative estimate of drug-likeness (QED) is 0.0762. The molecule has 0 saturated heterocycles. The Morgan fingerprint density at radius 2 is 1.45 bits per heavy atom. The molecule has 40 heavy (non-hydrogen) atoms. The third-order valence-electron chi connectivity index (χ3n) is 6.25. The summed E-state index contributed by atoms with van der Waals surface area (Å²) >= 11 is 3.35. The Bertz CT molecular complexity index is 1140. The van der Waals surface area contributed by atoms with Crippen LogP contribution in [-0.2, 0) is 23.9 Å². The minimum atomic E-state index is -4.27. The third-order valence-corrected chi connectivity index (χ3v) is 7.81. The van der Waals surface area contributed by atoms with Gasteiger partial charge in [0, 0.05) is 19.0 Å². The van der Waals surface area contributed by atoms with Crippen molar-refractivity contribution in [1.82, 2.24) is 0 Å². The topological polar surface area (TPSA) is 83.5 Å². The van der Waals surface area contributed by atoms with E-state index >= 15 is 0 Å². The van der Waals surface area contributed by atoms with E-state index in [0.29, 0.717) is 11.9 Å². The molecule has 1 N–H and O–H groups in total. The molecule has 3 rings (SSSR count). The number of unbranched alkanes of at least 4 members (excludes halogenated alkanes) is 5. The van der Waals surface area contributed by atoms with Gasteiger partial charge in [0.1, 0.15) is 17.6 Å². The number of ether oxygens (including phenoxy) is 3. The number of phosphoric ester groups is 1. The van der Waals surface area contributed by atoms with Gasteiger partial charge in [-0.1, -0.05) is 96.2 Å². The number of benzene rings is 3. The molecule has 0 heterocycles. The van der Waals surface area contributed by atoms with Crippen molar-refractivity contribution in [2.75, 3.05) is 33.5 Å². The highest BCUT2D eigenvalue weighted by Gasteiger charge is 2.25. The molecular formula is C31H40BrO7P. The van der Waals surface area contributed by atoms with Crippen LogP contribution in [0.3, 0.4) is 0 Å². The molecule has 2 atom stereocenters. The molecule has 3 aromatic carbocycles. The summed E-state index contributed by atoms with van der Waals surface area (Å²) in [6, 6.07) is 25.5. The molecule has 7 nitrogen and oxygen atoms in total. The zero-order valence-corrected chi connectivity index (χ0v) is 25.6. The maximum Gasteiger partial charge on any atom is 0.527 e. The average Bonchev–Trinajstić information content (AvgIpc) is 2.98. The second-order valence-corrected chi connectivity index (χ2v) is 11.4. The van der Waals surface area contributed by atoms with E-state index in [1.807, 2.05) is 36.4 Å². The van der Waals surface area contributed by atoms with Crippen LogP contribution in [0.2, 0.25) is 0 Å². The van der Waals surface area contributed by atoms with Crippen molar-refractivity contribution in [2.45, 2.75) is 50.0 Å². The number of phosphoric acid groups is 1. The molecule has 0 saturated carbocycles. The summed E-state index contributed by atoms with van der Waals surface area (Å²) in [4.78, 5) is 10.0. The average molecular weight is 636 g/mol. The summed E-state index contributed by atoms with van der Waals surface area (Å²) in [5, 5.41) is 0.615. The minimum absolute atomic E-state index is 0.109. The molecule has 2 unspecified atom stereocenters. The lowest BCUT2D eigenvalue weighted by Crippen LogP contribution is -2.24. The number of methoxy groups -OCH3 is 1. The molecule has 0 aliphatic rings. The minimum Gasteiger partial charge on any atom is -0.494 e. The normalized spacial score (nSPS) is 13.5. The molecule has 3 aromatic rings. The van der Waals surface area contributed by atoms with Gasteiger partial charge < -0.3 is 18.7 Å². The van der Waals surface area contributed by atoms with Gasteiger partial charge in [0.2, 0.25) is 0 Å². The molecule has 0 spiro atoms. The fraction of sp³-hybridized carbons (Fsp3) is 0.419. The monoisotopic (exact) mass is 634 g/mol. The van der Waals surface area contributed by atoms with Gasteiger partial charge in [-0.25, -0.2) is 4.57 Å². The largest absolute Gasteiger partial charge is 0.527 e. The lowest BCUT2D eigenvalue weighted by Gasteiger charge is -2.18. The second-order valence-electron chi connectivity index (χ2n) is 9.43. The number of hydrogen-bond acceptors (Lipinski definition) is 6. The van der Waals surface area contributed by atoms with Crippen LogP contribution in [0.25, 0.3) is 11.1 Å². The first-order valence-corrected chi connectivity index (χ1v) is 16.3. The Labute approximate surface area is 246 Å². The zero-order chi connectivity index (χ0) is 28.5. The van der Waals surface area contributed by atoms with E-state index in [4.69, 9.17) is 23.3 Å². The highest BCUT2D eigenvalue weighted by Crippen LogP contribution is 2.44. The Morgan fingerprint density at radius 3 is 2.15 bits per heavy atom. The van der Waals surface area contributed by atoms with Crippen LogP contribution >= 0.6 is 23.8 Å². The SMILES string of the molecule is COC(COCCCCCCCCOc1ccc(-c2ccccc2)cc1)COP(=O)(O)Oc1cccc(CBr)c1. The molecule has 0 aliphatic carbocycles. The van der Waals surface area contributed by atoms with Crippen LogP contribution in [-0.4, -0.2) is 44.5 Å². The van der Waals surface area contributed by atoms with Crippen LogP contribution in [0, 0.1) is 0 Å². The van der Waals surface area contributed by atoms with Gasteiger partial charge in [-0.3, -0.25) is 9.42 Å². The van der Waals surface area contributed by atoms with Crippen molar-refractivity contribution in [1.29, 1.82) is 0 Å². The molecular weight excluding hydrogens is 595 g/mol. The number of alkyl halides is 1. The van der Waals surface area contributed by atoms with Crippen LogP contribution in [0.5, 0.6) is 11.5 Å². The summed E-state index contributed by atoms with van der Waals surface area (Å²) in [5.74, 6) is 1.18. The summed E-state index contributed by atoms with van der Waals surface area (Å²) in [7, 11) is -2.75. The fourth-order valence-corrected chi connectivity index (χ4v) is 5.13. The van der Waals surface area contributed by atoms with Crippen LogP contribution in [0.4, 0.5) is 0 Å². The fourth-order valence-electron chi connectivity index (χ4n) is 4.00. The Kier molecular flexibility index (Phi) is 14.8. The van der Waals surface area contributed by atoms with Crippen molar-refractivity contribution < 1.29 is 32.7 Å². The van der Waals surface area contributed by atoms with E-state index in [0.717, 1.165) is 56.4 Å². The molecule has 218 valence electrons. The molecule has 0 bridgehead atoms. The molecule has 0 amide bonds. The van der Waals surface area contributed by atoms with Gasteiger partial charge in [0.15, 0.2) is 0 Å². The zero-order valence-electron chi connectivity index (χ0n) is 23.1. The molecule has 0 aromatic heterocycles. The lowest BCUT2D eigenvalue weighted by atomic mass is 10.1. The third kappa shape index (κ3) is 12.5. The van der Waals surface area contributed by atoms with Crippen LogP contribution in [0.15, 0.2) is 78.9 Å². The lowest BCUT2D eigenvalue weighted by molar-refractivity contribution is -0.0197. The summed E-state index contributed by atoms with van der Waals surface area (Å²) in [5.41, 5.74) is 3.33. The maximum atomic E-state index is 12.3. The highest BCUT2D eigenvalue weighted by atomic mass is 79.9. The van der Waals surface area contributed by atoms with Crippen molar-refractivity contribution in [2.24, 2.45) is 0 Å². The van der Waals surface area contributed by atoms with Crippen molar-refractivity contribution in [3.8, 4) is 22.6 Å². The standard InChI is InChI=1S/C31H40BrO7P/c1-35-31(25-38-40(33,34)39-30-15-11-12-26(22-30)23-32)24-36-20-9-4-2-3-5-10-21-37-29-18-16-28(17-19-29)27-13-7-6-8-14-27/h6-8,11-19,22,31H,2-5,9-10,20-21,23-25H2,1H3,(H,33,34). The predicted octanol–water partition coefficient (Wildman–Crippen LogP) is 8.20. The Morgan fingerprint density at radius 1 is 0.775 bits per heavy atom. The van der Waals surface area contributed by atoms with E-state index in [-0.39, 0.29) is 19.0 Å². The number of rotatable bonds is 20. The summed E-state index contributed by atoms with van der Waals surface area (Å²) < 4.78 is 39.4. The first kappa shape index (κ1) is 32.3. The van der Waals surface area contributed by atoms with Gasteiger partial charge in [0.05, 0.1) is 19.8 Å². The number of hydrogen-bond donors (Lipinski definition) is 1. The smallest absolute Gasteiger partial charge is 0.494 e. The van der Waals surface area contributed by atoms with E-state index in [1.165, 1.54) is 18.2 Å². The summed E-state index contributed by atoms with van der Waals surface area (Å²) in [6.45, 7) is 1.50. The summed E-state index contributed by atoms with van der Waals surface area (Å²) in [6.07, 6.45) is 6.05. The first-order chi connectivity index (χ1) is 19.5. The first-order valence-electron chi connectivity index (χ1n) is 13.7. The highest BCUT2D eigenvalue weighted by molar-refractivity contribution is 9.08. The van der Waals surface area contributed by atoms with Crippen molar-refractivity contribution in [3.63, 3.8) is 0 Å². The van der Waals surface area contributed by atoms with Gasteiger partial charge in [-0.2, -0.15) is 0 Å². The molecule has 0 aliphatic heterocycles. The Balaban J connectivity index is 1.17. The number of halogens is 1. The second kappa shape index (κ2) is 18.3. The predicted molar refractivity (Wildman–Crippen MR) is 162 cm³/mol. The molecule has 9 heteroatoms. The van der Waals surface area contributed by atoms with Gasteiger partial charge >= 0.3 is 7.82 Å². The van der Waals surface area contributed by atoms with Crippen molar-refractivity contribution in [3.05, 3.63) is 84.4 Å². The molecule has 0 fully saturated rings. The molecule has 0 radical (unpaired) electrons. The van der Waals surface area contributed by atoms with E-state index in [9.17, 15) is 9.46 Å².